The Morgan fingerprint density at radius 3 is 2.12 bits per heavy atom. The molecular formula is C14H8F4NO4S-. The van der Waals surface area contributed by atoms with Gasteiger partial charge >= 0.3 is 6.18 Å². The van der Waals surface area contributed by atoms with Crippen molar-refractivity contribution < 1.29 is 35.9 Å². The van der Waals surface area contributed by atoms with Crippen LogP contribution in [0.15, 0.2) is 47.4 Å². The maximum absolute atomic E-state index is 13.2. The quantitative estimate of drug-likeness (QED) is 0.843. The molecular weight excluding hydrogens is 354 g/mol. The molecule has 128 valence electrons. The summed E-state index contributed by atoms with van der Waals surface area (Å²) in [6.07, 6.45) is -4.57. The normalized spacial score (nSPS) is 12.0. The van der Waals surface area contributed by atoms with E-state index < -0.39 is 44.0 Å². The summed E-state index contributed by atoms with van der Waals surface area (Å²) >= 11 is 0. The number of carboxylic acid groups (broad SMARTS) is 1. The van der Waals surface area contributed by atoms with E-state index in [0.717, 1.165) is 18.2 Å². The summed E-state index contributed by atoms with van der Waals surface area (Å²) in [5.41, 5.74) is -2.10. The molecule has 5 nitrogen and oxygen atoms in total. The lowest BCUT2D eigenvalue weighted by molar-refractivity contribution is -0.255. The first-order valence-electron chi connectivity index (χ1n) is 6.22. The van der Waals surface area contributed by atoms with Crippen molar-refractivity contribution in [3.8, 4) is 0 Å². The molecule has 0 aliphatic heterocycles. The molecule has 0 radical (unpaired) electrons. The van der Waals surface area contributed by atoms with Crippen molar-refractivity contribution in [2.24, 2.45) is 0 Å². The number of alkyl halides is 3. The van der Waals surface area contributed by atoms with E-state index in [2.05, 4.69) is 0 Å². The van der Waals surface area contributed by atoms with Crippen LogP contribution in [0.3, 0.4) is 0 Å². The molecule has 0 bridgehead atoms. The molecule has 0 heterocycles. The fourth-order valence-corrected chi connectivity index (χ4v) is 2.85. The zero-order chi connectivity index (χ0) is 18.1. The smallest absolute Gasteiger partial charge is 0.416 e. The van der Waals surface area contributed by atoms with Gasteiger partial charge in [-0.25, -0.2) is 12.8 Å². The van der Waals surface area contributed by atoms with E-state index in [1.807, 2.05) is 4.72 Å². The van der Waals surface area contributed by atoms with E-state index in [0.29, 0.717) is 24.3 Å². The predicted octanol–water partition coefficient (Wildman–Crippen LogP) is 2.01. The number of hydrogen-bond donors (Lipinski definition) is 1. The van der Waals surface area contributed by atoms with Crippen LogP contribution >= 0.6 is 0 Å². The number of benzene rings is 2. The van der Waals surface area contributed by atoms with E-state index in [1.165, 1.54) is 0 Å². The van der Waals surface area contributed by atoms with Crippen LogP contribution in [0.5, 0.6) is 0 Å². The Kier molecular flexibility index (Phi) is 4.52. The number of carboxylic acids is 1. The minimum absolute atomic E-state index is 0.178. The lowest BCUT2D eigenvalue weighted by atomic mass is 10.2. The minimum Gasteiger partial charge on any atom is -0.545 e. The monoisotopic (exact) mass is 362 g/mol. The molecule has 2 rings (SSSR count). The molecule has 0 spiro atoms. The van der Waals surface area contributed by atoms with Crippen LogP contribution in [0, 0.1) is 5.82 Å². The third kappa shape index (κ3) is 3.82. The molecule has 0 aliphatic rings. The first-order valence-corrected chi connectivity index (χ1v) is 7.70. The molecule has 1 N–H and O–H groups in total. The van der Waals surface area contributed by atoms with Gasteiger partial charge in [0.25, 0.3) is 10.0 Å². The van der Waals surface area contributed by atoms with Crippen LogP contribution in [0.2, 0.25) is 0 Å². The van der Waals surface area contributed by atoms with Crippen LogP contribution in [-0.2, 0) is 16.2 Å². The molecule has 0 saturated heterocycles. The van der Waals surface area contributed by atoms with Crippen LogP contribution in [0.4, 0.5) is 23.2 Å². The highest BCUT2D eigenvalue weighted by molar-refractivity contribution is 7.92. The second-order valence-corrected chi connectivity index (χ2v) is 6.29. The van der Waals surface area contributed by atoms with Gasteiger partial charge in [-0.15, -0.1) is 0 Å². The molecule has 0 unspecified atom stereocenters. The Labute approximate surface area is 133 Å². The summed E-state index contributed by atoms with van der Waals surface area (Å²) in [4.78, 5) is 10.1. The molecule has 2 aromatic carbocycles. The van der Waals surface area contributed by atoms with Gasteiger partial charge in [0.2, 0.25) is 0 Å². The lowest BCUT2D eigenvalue weighted by Crippen LogP contribution is -2.24. The molecule has 0 atom stereocenters. The zero-order valence-electron chi connectivity index (χ0n) is 11.6. The molecule has 0 aliphatic carbocycles. The van der Waals surface area contributed by atoms with Gasteiger partial charge in [0.15, 0.2) is 0 Å². The van der Waals surface area contributed by atoms with Gasteiger partial charge in [-0.05, 0) is 42.5 Å². The van der Waals surface area contributed by atoms with Gasteiger partial charge in [0.1, 0.15) is 5.82 Å². The third-order valence-corrected chi connectivity index (χ3v) is 4.31. The van der Waals surface area contributed by atoms with Gasteiger partial charge in [0, 0.05) is 11.3 Å². The summed E-state index contributed by atoms with van der Waals surface area (Å²) in [7, 11) is -4.32. The van der Waals surface area contributed by atoms with Crippen LogP contribution in [0.1, 0.15) is 15.9 Å². The molecule has 0 fully saturated rings. The van der Waals surface area contributed by atoms with Gasteiger partial charge < -0.3 is 9.90 Å². The topological polar surface area (TPSA) is 86.3 Å². The van der Waals surface area contributed by atoms with E-state index in [4.69, 9.17) is 0 Å². The molecule has 0 aromatic heterocycles. The first kappa shape index (κ1) is 17.7. The third-order valence-electron chi connectivity index (χ3n) is 2.93. The van der Waals surface area contributed by atoms with Crippen molar-refractivity contribution in [3.05, 3.63) is 59.4 Å². The van der Waals surface area contributed by atoms with Crippen molar-refractivity contribution in [3.63, 3.8) is 0 Å². The molecule has 0 amide bonds. The number of carbonyl (C=O) groups is 1. The summed E-state index contributed by atoms with van der Waals surface area (Å²) < 4.78 is 76.8. The fourth-order valence-electron chi connectivity index (χ4n) is 1.77. The number of sulfonamides is 1. The fraction of sp³-hybridized carbons (Fsp3) is 0.0714. The van der Waals surface area contributed by atoms with Gasteiger partial charge in [-0.1, -0.05) is 0 Å². The summed E-state index contributed by atoms with van der Waals surface area (Å²) in [6, 6.07) is 5.13. The number of halogens is 4. The van der Waals surface area contributed by atoms with Gasteiger partial charge in [0.05, 0.1) is 16.4 Å². The van der Waals surface area contributed by atoms with Crippen molar-refractivity contribution >= 4 is 21.7 Å². The number of nitrogens with one attached hydrogen (secondary N) is 1. The Morgan fingerprint density at radius 2 is 1.62 bits per heavy atom. The molecule has 0 saturated carbocycles. The highest BCUT2D eigenvalue weighted by Crippen LogP contribution is 2.30. The van der Waals surface area contributed by atoms with Crippen molar-refractivity contribution in [1.82, 2.24) is 0 Å². The van der Waals surface area contributed by atoms with Crippen LogP contribution in [-0.4, -0.2) is 14.4 Å². The highest BCUT2D eigenvalue weighted by atomic mass is 32.2. The minimum atomic E-state index is -4.57. The molecule has 10 heteroatoms. The van der Waals surface area contributed by atoms with Gasteiger partial charge in [-0.2, -0.15) is 13.2 Å². The number of anilines is 1. The number of carbonyl (C=O) groups excluding carboxylic acids is 1. The number of aromatic carboxylic acids is 1. The maximum Gasteiger partial charge on any atom is 0.416 e. The van der Waals surface area contributed by atoms with E-state index >= 15 is 0 Å². The summed E-state index contributed by atoms with van der Waals surface area (Å²) in [5.74, 6) is -3.08. The number of rotatable bonds is 4. The average molecular weight is 362 g/mol. The zero-order valence-corrected chi connectivity index (χ0v) is 12.4. The Bertz CT molecular complexity index is 877. The Morgan fingerprint density at radius 1 is 1.04 bits per heavy atom. The molecule has 2 aromatic rings. The number of hydrogen-bond acceptors (Lipinski definition) is 4. The van der Waals surface area contributed by atoms with E-state index in [9.17, 15) is 35.9 Å². The van der Waals surface area contributed by atoms with Crippen molar-refractivity contribution in [2.45, 2.75) is 11.1 Å². The predicted molar refractivity (Wildman–Crippen MR) is 73.0 cm³/mol. The standard InChI is InChI=1S/C14H9F4NO4S/c15-12-6-5-10(7-11(12)13(20)21)24(22,23)19-9-3-1-8(2-4-9)14(16,17)18/h1-7,19H,(H,20,21)/p-1. The second-order valence-electron chi connectivity index (χ2n) is 4.61. The average Bonchev–Trinajstić information content (AvgIpc) is 2.46. The summed E-state index contributed by atoms with van der Waals surface area (Å²) in [6.45, 7) is 0. The highest BCUT2D eigenvalue weighted by Gasteiger charge is 2.30. The Balaban J connectivity index is 2.32. The maximum atomic E-state index is 13.2. The van der Waals surface area contributed by atoms with Crippen molar-refractivity contribution in [2.75, 3.05) is 4.72 Å². The van der Waals surface area contributed by atoms with Crippen LogP contribution in [0.25, 0.3) is 0 Å². The Hall–Kier alpha value is -2.62. The van der Waals surface area contributed by atoms with Crippen LogP contribution < -0.4 is 9.83 Å². The first-order chi connectivity index (χ1) is 11.0. The lowest BCUT2D eigenvalue weighted by Gasteiger charge is -2.12. The van der Waals surface area contributed by atoms with Gasteiger partial charge in [-0.3, -0.25) is 4.72 Å². The summed E-state index contributed by atoms with van der Waals surface area (Å²) in [5, 5.41) is 10.7. The second kappa shape index (κ2) is 6.11. The van der Waals surface area contributed by atoms with E-state index in [-0.39, 0.29) is 5.69 Å². The molecule has 24 heavy (non-hydrogen) atoms. The van der Waals surface area contributed by atoms with Crippen molar-refractivity contribution in [1.29, 1.82) is 0 Å². The van der Waals surface area contributed by atoms with E-state index in [1.54, 1.807) is 0 Å². The largest absolute Gasteiger partial charge is 0.545 e. The SMILES string of the molecule is O=C([O-])c1cc(S(=O)(=O)Nc2ccc(C(F)(F)F)cc2)ccc1F.